The van der Waals surface area contributed by atoms with E-state index in [4.69, 9.17) is 16.6 Å². The van der Waals surface area contributed by atoms with E-state index in [1.54, 1.807) is 13.0 Å². The molecule has 176 valence electrons. The van der Waals surface area contributed by atoms with Crippen LogP contribution in [0.25, 0.3) is 5.65 Å². The predicted molar refractivity (Wildman–Crippen MR) is 130 cm³/mol. The zero-order chi connectivity index (χ0) is 24.6. The number of pyridine rings is 2. The summed E-state index contributed by atoms with van der Waals surface area (Å²) in [5.74, 6) is -0.629. The molecule has 1 aliphatic rings. The van der Waals surface area contributed by atoms with Gasteiger partial charge in [-0.15, -0.1) is 0 Å². The van der Waals surface area contributed by atoms with E-state index in [2.05, 4.69) is 35.1 Å². The molecule has 9 nitrogen and oxygen atoms in total. The number of carbonyl (C=O) groups is 1. The maximum absolute atomic E-state index is 13.0. The summed E-state index contributed by atoms with van der Waals surface area (Å²) < 4.78 is 1.36. The third kappa shape index (κ3) is 4.68. The molecule has 0 radical (unpaired) electrons. The van der Waals surface area contributed by atoms with Crippen molar-refractivity contribution in [2.45, 2.75) is 39.7 Å². The van der Waals surface area contributed by atoms with Gasteiger partial charge in [-0.05, 0) is 43.4 Å². The number of nitrogens with one attached hydrogen (secondary N) is 1. The standard InChI is InChI=1S/C24H25ClN6O3/c1-14(27-17-4-5-18(25)28-21(17)23(33)34)16-10-15(12-26)13-31-20(32)11-19(29-22(16)31)30-8-6-24(2,3)7-9-30/h4-5,10-11,13-14,27H,6-9H2,1-3H3,(H,33,34)/t14-/m1/s1. The van der Waals surface area contributed by atoms with Crippen LogP contribution >= 0.6 is 11.6 Å². The number of piperidine rings is 1. The molecule has 0 bridgehead atoms. The van der Waals surface area contributed by atoms with E-state index in [1.165, 1.54) is 28.8 Å². The van der Waals surface area contributed by atoms with Gasteiger partial charge in [0.25, 0.3) is 5.56 Å². The van der Waals surface area contributed by atoms with Gasteiger partial charge in [-0.1, -0.05) is 25.4 Å². The summed E-state index contributed by atoms with van der Waals surface area (Å²) in [6.45, 7) is 7.87. The molecule has 0 unspecified atom stereocenters. The first kappa shape index (κ1) is 23.5. The minimum absolute atomic E-state index is 0.0649. The topological polar surface area (TPSA) is 124 Å². The third-order valence-corrected chi connectivity index (χ3v) is 6.46. The van der Waals surface area contributed by atoms with Gasteiger partial charge in [0, 0.05) is 30.9 Å². The van der Waals surface area contributed by atoms with Crippen LogP contribution in [0, 0.1) is 16.7 Å². The van der Waals surface area contributed by atoms with Gasteiger partial charge in [-0.25, -0.2) is 14.8 Å². The van der Waals surface area contributed by atoms with Gasteiger partial charge in [-0.3, -0.25) is 9.20 Å². The van der Waals surface area contributed by atoms with E-state index in [-0.39, 0.29) is 27.5 Å². The number of carboxylic acid groups (broad SMARTS) is 1. The highest BCUT2D eigenvalue weighted by molar-refractivity contribution is 6.29. The Hall–Kier alpha value is -3.64. The van der Waals surface area contributed by atoms with E-state index < -0.39 is 12.0 Å². The van der Waals surface area contributed by atoms with Crippen LogP contribution in [0.15, 0.2) is 35.3 Å². The highest BCUT2D eigenvalue weighted by Crippen LogP contribution is 2.32. The smallest absolute Gasteiger partial charge is 0.356 e. The zero-order valence-corrected chi connectivity index (χ0v) is 19.9. The number of anilines is 2. The largest absolute Gasteiger partial charge is 0.476 e. The van der Waals surface area contributed by atoms with E-state index in [0.29, 0.717) is 22.6 Å². The number of fused-ring (bicyclic) bond motifs is 1. The zero-order valence-electron chi connectivity index (χ0n) is 19.2. The molecule has 0 saturated carbocycles. The lowest BCUT2D eigenvalue weighted by atomic mass is 9.83. The number of hydrogen-bond donors (Lipinski definition) is 2. The van der Waals surface area contributed by atoms with Crippen LogP contribution in [-0.4, -0.2) is 38.5 Å². The molecule has 3 aromatic heterocycles. The predicted octanol–water partition coefficient (Wildman–Crippen LogP) is 4.11. The second kappa shape index (κ2) is 8.95. The molecule has 10 heteroatoms. The highest BCUT2D eigenvalue weighted by atomic mass is 35.5. The lowest BCUT2D eigenvalue weighted by Crippen LogP contribution is -2.38. The number of nitrogens with zero attached hydrogens (tertiary/aromatic N) is 5. The summed E-state index contributed by atoms with van der Waals surface area (Å²) in [6.07, 6.45) is 3.46. The average molecular weight is 481 g/mol. The quantitative estimate of drug-likeness (QED) is 0.523. The first-order valence-electron chi connectivity index (χ1n) is 11.0. The van der Waals surface area contributed by atoms with E-state index in [0.717, 1.165) is 25.9 Å². The number of carboxylic acids is 1. The second-order valence-corrected chi connectivity index (χ2v) is 9.68. The molecule has 1 aliphatic heterocycles. The van der Waals surface area contributed by atoms with Crippen molar-refractivity contribution < 1.29 is 9.90 Å². The van der Waals surface area contributed by atoms with Gasteiger partial charge in [-0.2, -0.15) is 5.26 Å². The lowest BCUT2D eigenvalue weighted by molar-refractivity contribution is 0.0691. The van der Waals surface area contributed by atoms with Crippen molar-refractivity contribution in [2.75, 3.05) is 23.3 Å². The van der Waals surface area contributed by atoms with Crippen LogP contribution in [0.1, 0.15) is 61.3 Å². The van der Waals surface area contributed by atoms with Gasteiger partial charge in [0.2, 0.25) is 0 Å². The van der Waals surface area contributed by atoms with Gasteiger partial charge >= 0.3 is 5.97 Å². The molecule has 3 aromatic rings. The van der Waals surface area contributed by atoms with E-state index in [1.807, 2.05) is 0 Å². The van der Waals surface area contributed by atoms with Crippen molar-refractivity contribution in [1.82, 2.24) is 14.4 Å². The van der Waals surface area contributed by atoms with Gasteiger partial charge in [0.05, 0.1) is 17.3 Å². The van der Waals surface area contributed by atoms with Gasteiger partial charge in [0.15, 0.2) is 5.69 Å². The van der Waals surface area contributed by atoms with Gasteiger partial charge < -0.3 is 15.3 Å². The normalized spacial score (nSPS) is 16.1. The van der Waals surface area contributed by atoms with E-state index >= 15 is 0 Å². The Morgan fingerprint density at radius 3 is 2.62 bits per heavy atom. The fourth-order valence-corrected chi connectivity index (χ4v) is 4.27. The first-order valence-corrected chi connectivity index (χ1v) is 11.3. The molecule has 34 heavy (non-hydrogen) atoms. The molecular weight excluding hydrogens is 456 g/mol. The Morgan fingerprint density at radius 1 is 1.26 bits per heavy atom. The van der Waals surface area contributed by atoms with Crippen LogP contribution in [-0.2, 0) is 0 Å². The number of rotatable bonds is 5. The lowest BCUT2D eigenvalue weighted by Gasteiger charge is -2.37. The maximum Gasteiger partial charge on any atom is 0.356 e. The fourth-order valence-electron chi connectivity index (χ4n) is 4.12. The summed E-state index contributed by atoms with van der Waals surface area (Å²) in [7, 11) is 0. The molecule has 0 amide bonds. The second-order valence-electron chi connectivity index (χ2n) is 9.29. The van der Waals surface area contributed by atoms with Crippen LogP contribution < -0.4 is 15.8 Å². The van der Waals surface area contributed by atoms with Crippen molar-refractivity contribution in [3.8, 4) is 6.07 Å². The van der Waals surface area contributed by atoms with E-state index in [9.17, 15) is 20.0 Å². The van der Waals surface area contributed by atoms with Crippen molar-refractivity contribution in [3.63, 3.8) is 0 Å². The maximum atomic E-state index is 13.0. The summed E-state index contributed by atoms with van der Waals surface area (Å²) >= 11 is 5.87. The van der Waals surface area contributed by atoms with Crippen molar-refractivity contribution in [3.05, 3.63) is 62.8 Å². The number of nitriles is 1. The monoisotopic (exact) mass is 480 g/mol. The highest BCUT2D eigenvalue weighted by Gasteiger charge is 2.27. The summed E-state index contributed by atoms with van der Waals surface area (Å²) in [4.78, 5) is 35.5. The molecule has 4 rings (SSSR count). The summed E-state index contributed by atoms with van der Waals surface area (Å²) in [5.41, 5.74) is 1.30. The number of aromatic nitrogens is 3. The van der Waals surface area contributed by atoms with Gasteiger partial charge in [0.1, 0.15) is 22.7 Å². The minimum Gasteiger partial charge on any atom is -0.476 e. The minimum atomic E-state index is -1.22. The van der Waals surface area contributed by atoms with Crippen molar-refractivity contribution >= 4 is 34.7 Å². The number of aromatic carboxylic acids is 1. The number of hydrogen-bond acceptors (Lipinski definition) is 7. The Bertz CT molecular complexity index is 1370. The fraction of sp³-hybridized carbons (Fsp3) is 0.375. The van der Waals surface area contributed by atoms with Crippen LogP contribution in [0.5, 0.6) is 0 Å². The molecule has 1 fully saturated rings. The Morgan fingerprint density at radius 2 is 1.97 bits per heavy atom. The van der Waals surface area contributed by atoms with Crippen LogP contribution in [0.3, 0.4) is 0 Å². The Kier molecular flexibility index (Phi) is 6.19. The molecule has 1 atom stereocenters. The third-order valence-electron chi connectivity index (χ3n) is 6.25. The Labute approximate surface area is 201 Å². The molecular formula is C24H25ClN6O3. The molecule has 1 saturated heterocycles. The van der Waals surface area contributed by atoms with Crippen LogP contribution in [0.4, 0.5) is 11.5 Å². The summed E-state index contributed by atoms with van der Waals surface area (Å²) in [6, 6.07) is 7.77. The number of halogens is 1. The molecule has 2 N–H and O–H groups in total. The SMILES string of the molecule is C[C@@H](Nc1ccc(Cl)nc1C(=O)O)c1cc(C#N)cn2c(=O)cc(N3CCC(C)(C)CC3)nc12. The Balaban J connectivity index is 1.79. The molecule has 4 heterocycles. The average Bonchev–Trinajstić information content (AvgIpc) is 2.79. The first-order chi connectivity index (χ1) is 16.1. The summed E-state index contributed by atoms with van der Waals surface area (Å²) in [5, 5.41) is 22.2. The van der Waals surface area contributed by atoms with Crippen LogP contribution in [0.2, 0.25) is 5.15 Å². The molecule has 0 aromatic carbocycles. The molecule has 0 aliphatic carbocycles. The van der Waals surface area contributed by atoms with Crippen molar-refractivity contribution in [2.24, 2.45) is 5.41 Å². The van der Waals surface area contributed by atoms with Crippen molar-refractivity contribution in [1.29, 1.82) is 5.26 Å². The molecule has 0 spiro atoms.